The SMILES string of the molecule is Cc1c(Cl)nnc(NCCCF)c1C. The van der Waals surface area contributed by atoms with Crippen LogP contribution in [0, 0.1) is 13.8 Å². The van der Waals surface area contributed by atoms with Gasteiger partial charge in [0.2, 0.25) is 0 Å². The third-order valence-corrected chi connectivity index (χ3v) is 2.43. The highest BCUT2D eigenvalue weighted by Crippen LogP contribution is 2.20. The first-order chi connectivity index (χ1) is 6.66. The molecule has 0 saturated heterocycles. The third-order valence-electron chi connectivity index (χ3n) is 2.07. The maximum Gasteiger partial charge on any atom is 0.155 e. The smallest absolute Gasteiger partial charge is 0.155 e. The lowest BCUT2D eigenvalue weighted by Gasteiger charge is -2.09. The van der Waals surface area contributed by atoms with Crippen LogP contribution in [0.25, 0.3) is 0 Å². The van der Waals surface area contributed by atoms with Crippen molar-refractivity contribution in [1.29, 1.82) is 0 Å². The Bertz CT molecular complexity index is 317. The molecule has 5 heteroatoms. The number of nitrogens with zero attached hydrogens (tertiary/aromatic N) is 2. The molecule has 0 aliphatic carbocycles. The Morgan fingerprint density at radius 3 is 2.64 bits per heavy atom. The van der Waals surface area contributed by atoms with Gasteiger partial charge >= 0.3 is 0 Å². The number of halogens is 2. The molecule has 0 saturated carbocycles. The summed E-state index contributed by atoms with van der Waals surface area (Å²) in [6, 6.07) is 0. The molecule has 3 nitrogen and oxygen atoms in total. The molecule has 1 rings (SSSR count). The Morgan fingerprint density at radius 1 is 1.29 bits per heavy atom. The van der Waals surface area contributed by atoms with Crippen molar-refractivity contribution in [3.05, 3.63) is 16.3 Å². The highest BCUT2D eigenvalue weighted by atomic mass is 35.5. The molecule has 0 unspecified atom stereocenters. The highest BCUT2D eigenvalue weighted by molar-refractivity contribution is 6.30. The van der Waals surface area contributed by atoms with Crippen molar-refractivity contribution in [3.63, 3.8) is 0 Å². The molecule has 0 fully saturated rings. The maximum absolute atomic E-state index is 11.8. The average molecular weight is 218 g/mol. The second kappa shape index (κ2) is 5.10. The van der Waals surface area contributed by atoms with E-state index < -0.39 is 0 Å². The molecule has 1 aromatic rings. The van der Waals surface area contributed by atoms with Crippen molar-refractivity contribution in [2.75, 3.05) is 18.5 Å². The molecule has 0 aliphatic heterocycles. The van der Waals surface area contributed by atoms with E-state index in [2.05, 4.69) is 15.5 Å². The van der Waals surface area contributed by atoms with E-state index in [0.29, 0.717) is 23.9 Å². The fraction of sp³-hybridized carbons (Fsp3) is 0.556. The van der Waals surface area contributed by atoms with Crippen molar-refractivity contribution < 1.29 is 4.39 Å². The fourth-order valence-electron chi connectivity index (χ4n) is 1.02. The number of rotatable bonds is 4. The van der Waals surface area contributed by atoms with E-state index in [4.69, 9.17) is 11.6 Å². The summed E-state index contributed by atoms with van der Waals surface area (Å²) >= 11 is 5.79. The predicted octanol–water partition coefficient (Wildman–Crippen LogP) is 2.52. The lowest BCUT2D eigenvalue weighted by atomic mass is 10.2. The minimum Gasteiger partial charge on any atom is -0.368 e. The van der Waals surface area contributed by atoms with Gasteiger partial charge in [-0.1, -0.05) is 11.6 Å². The molecule has 0 aliphatic rings. The van der Waals surface area contributed by atoms with Gasteiger partial charge in [0.25, 0.3) is 0 Å². The van der Waals surface area contributed by atoms with E-state index in [1.54, 1.807) is 0 Å². The molecule has 14 heavy (non-hydrogen) atoms. The van der Waals surface area contributed by atoms with Crippen LogP contribution in [0.3, 0.4) is 0 Å². The Morgan fingerprint density at radius 2 is 2.00 bits per heavy atom. The van der Waals surface area contributed by atoms with Crippen molar-refractivity contribution in [2.24, 2.45) is 0 Å². The average Bonchev–Trinajstić information content (AvgIpc) is 2.18. The van der Waals surface area contributed by atoms with Crippen LogP contribution in [0.15, 0.2) is 0 Å². The van der Waals surface area contributed by atoms with Crippen LogP contribution in [0.2, 0.25) is 5.15 Å². The van der Waals surface area contributed by atoms with Crippen molar-refractivity contribution in [1.82, 2.24) is 10.2 Å². The van der Waals surface area contributed by atoms with E-state index in [1.807, 2.05) is 13.8 Å². The molecule has 78 valence electrons. The Balaban J connectivity index is 2.73. The Hall–Kier alpha value is -0.900. The van der Waals surface area contributed by atoms with Gasteiger partial charge in [0.1, 0.15) is 0 Å². The number of hydrogen-bond donors (Lipinski definition) is 1. The van der Waals surface area contributed by atoms with E-state index in [0.717, 1.165) is 11.1 Å². The van der Waals surface area contributed by atoms with Crippen LogP contribution in [0.4, 0.5) is 10.2 Å². The summed E-state index contributed by atoms with van der Waals surface area (Å²) in [6.07, 6.45) is 0.475. The maximum atomic E-state index is 11.8. The summed E-state index contributed by atoms with van der Waals surface area (Å²) < 4.78 is 11.8. The number of alkyl halides is 1. The van der Waals surface area contributed by atoms with E-state index >= 15 is 0 Å². The predicted molar refractivity (Wildman–Crippen MR) is 55.6 cm³/mol. The van der Waals surface area contributed by atoms with E-state index in [-0.39, 0.29) is 6.67 Å². The normalized spacial score (nSPS) is 10.3. The largest absolute Gasteiger partial charge is 0.368 e. The minimum absolute atomic E-state index is 0.327. The van der Waals surface area contributed by atoms with Gasteiger partial charge in [0.15, 0.2) is 11.0 Å². The summed E-state index contributed by atoms with van der Waals surface area (Å²) in [5.74, 6) is 0.681. The molecule has 0 bridgehead atoms. The molecule has 1 heterocycles. The first-order valence-corrected chi connectivity index (χ1v) is 4.83. The lowest BCUT2D eigenvalue weighted by Crippen LogP contribution is -2.07. The van der Waals surface area contributed by atoms with Gasteiger partial charge in [-0.15, -0.1) is 10.2 Å². The topological polar surface area (TPSA) is 37.8 Å². The molecular formula is C9H13ClFN3. The molecule has 0 atom stereocenters. The Labute approximate surface area is 87.7 Å². The summed E-state index contributed by atoms with van der Waals surface area (Å²) in [4.78, 5) is 0. The molecular weight excluding hydrogens is 205 g/mol. The summed E-state index contributed by atoms with van der Waals surface area (Å²) in [5, 5.41) is 11.1. The van der Waals surface area contributed by atoms with Crippen molar-refractivity contribution in [2.45, 2.75) is 20.3 Å². The van der Waals surface area contributed by atoms with E-state index in [9.17, 15) is 4.39 Å². The zero-order valence-corrected chi connectivity index (χ0v) is 9.03. The van der Waals surface area contributed by atoms with Crippen LogP contribution >= 0.6 is 11.6 Å². The van der Waals surface area contributed by atoms with Gasteiger partial charge in [0.05, 0.1) is 6.67 Å². The minimum atomic E-state index is -0.327. The molecule has 0 amide bonds. The zero-order chi connectivity index (χ0) is 10.6. The second-order valence-corrected chi connectivity index (χ2v) is 3.42. The van der Waals surface area contributed by atoms with Gasteiger partial charge in [-0.3, -0.25) is 4.39 Å². The second-order valence-electron chi connectivity index (χ2n) is 3.06. The van der Waals surface area contributed by atoms with Crippen molar-refractivity contribution in [3.8, 4) is 0 Å². The summed E-state index contributed by atoms with van der Waals surface area (Å²) in [6.45, 7) is 4.03. The number of anilines is 1. The van der Waals surface area contributed by atoms with Gasteiger partial charge < -0.3 is 5.32 Å². The fourth-order valence-corrected chi connectivity index (χ4v) is 1.20. The first kappa shape index (κ1) is 11.2. The van der Waals surface area contributed by atoms with E-state index in [1.165, 1.54) is 0 Å². The molecule has 0 aromatic carbocycles. The van der Waals surface area contributed by atoms with Crippen LogP contribution in [-0.2, 0) is 0 Å². The summed E-state index contributed by atoms with van der Waals surface area (Å²) in [5.41, 5.74) is 1.87. The van der Waals surface area contributed by atoms with Gasteiger partial charge in [0, 0.05) is 6.54 Å². The lowest BCUT2D eigenvalue weighted by molar-refractivity contribution is 0.481. The number of aromatic nitrogens is 2. The van der Waals surface area contributed by atoms with Gasteiger partial charge in [-0.05, 0) is 31.4 Å². The van der Waals surface area contributed by atoms with Gasteiger partial charge in [-0.25, -0.2) is 0 Å². The standard InChI is InChI=1S/C9H13ClFN3/c1-6-7(2)9(12-5-3-4-11)14-13-8(6)10/h3-5H2,1-2H3,(H,12,14). The quantitative estimate of drug-likeness (QED) is 0.788. The first-order valence-electron chi connectivity index (χ1n) is 4.46. The van der Waals surface area contributed by atoms with Gasteiger partial charge in [-0.2, -0.15) is 0 Å². The van der Waals surface area contributed by atoms with Crippen LogP contribution < -0.4 is 5.32 Å². The molecule has 1 N–H and O–H groups in total. The molecule has 0 spiro atoms. The van der Waals surface area contributed by atoms with Crippen LogP contribution in [0.5, 0.6) is 0 Å². The van der Waals surface area contributed by atoms with Crippen molar-refractivity contribution >= 4 is 17.4 Å². The van der Waals surface area contributed by atoms with Crippen LogP contribution in [0.1, 0.15) is 17.5 Å². The molecule has 0 radical (unpaired) electrons. The third kappa shape index (κ3) is 2.54. The monoisotopic (exact) mass is 217 g/mol. The number of nitrogens with one attached hydrogen (secondary N) is 1. The number of hydrogen-bond acceptors (Lipinski definition) is 3. The zero-order valence-electron chi connectivity index (χ0n) is 8.27. The molecule has 1 aromatic heterocycles. The highest BCUT2D eigenvalue weighted by Gasteiger charge is 2.06. The van der Waals surface area contributed by atoms with Crippen LogP contribution in [-0.4, -0.2) is 23.4 Å². The Kier molecular flexibility index (Phi) is 4.07. The summed E-state index contributed by atoms with van der Waals surface area (Å²) in [7, 11) is 0.